The molecule has 1 aromatic heterocycles. The molecule has 0 amide bonds. The summed E-state index contributed by atoms with van der Waals surface area (Å²) >= 11 is 4.32. The van der Waals surface area contributed by atoms with Gasteiger partial charge < -0.3 is 0 Å². The van der Waals surface area contributed by atoms with E-state index in [0.29, 0.717) is 0 Å². The van der Waals surface area contributed by atoms with E-state index in [1.54, 1.807) is 0 Å². The molecule has 1 aliphatic rings. The van der Waals surface area contributed by atoms with Crippen LogP contribution in [0.3, 0.4) is 0 Å². The van der Waals surface area contributed by atoms with Gasteiger partial charge in [0.2, 0.25) is 0 Å². The first kappa shape index (κ1) is 11.7. The third kappa shape index (κ3) is 2.40. The lowest BCUT2D eigenvalue weighted by molar-refractivity contribution is 1.10. The predicted molar refractivity (Wildman–Crippen MR) is 82.0 cm³/mol. The quantitative estimate of drug-likeness (QED) is 0.562. The maximum absolute atomic E-state index is 4.81. The number of aryl methyl sites for hydroxylation is 1. The summed E-state index contributed by atoms with van der Waals surface area (Å²) in [4.78, 5) is 6.35. The maximum Gasteiger partial charge on any atom is 0.123 e. The molecule has 88 valence electrons. The van der Waals surface area contributed by atoms with E-state index in [0.717, 1.165) is 10.3 Å². The number of rotatable bonds is 3. The van der Waals surface area contributed by atoms with Gasteiger partial charge in [0.05, 0.1) is 5.69 Å². The average molecular weight is 355 g/mol. The molecule has 1 heterocycles. The Balaban J connectivity index is 2.03. The van der Waals surface area contributed by atoms with E-state index >= 15 is 0 Å². The normalized spacial score (nSPS) is 15.2. The number of hydrogen-bond acceptors (Lipinski definition) is 2. The average Bonchev–Trinajstić information content (AvgIpc) is 3.08. The Morgan fingerprint density at radius 3 is 2.88 bits per heavy atom. The largest absolute Gasteiger partial charge is 0.240 e. The first-order valence-corrected chi connectivity index (χ1v) is 8.24. The lowest BCUT2D eigenvalue weighted by Gasteiger charge is -1.97. The van der Waals surface area contributed by atoms with Crippen molar-refractivity contribution in [2.75, 3.05) is 0 Å². The summed E-state index contributed by atoms with van der Waals surface area (Å²) in [6.07, 6.45) is 2.72. The van der Waals surface area contributed by atoms with Gasteiger partial charge in [0.25, 0.3) is 0 Å². The molecule has 1 fully saturated rings. The van der Waals surface area contributed by atoms with Gasteiger partial charge in [-0.3, -0.25) is 0 Å². The monoisotopic (exact) mass is 355 g/mol. The number of hydrogen-bond donors (Lipinski definition) is 0. The highest BCUT2D eigenvalue weighted by atomic mass is 127. The van der Waals surface area contributed by atoms with Crippen molar-refractivity contribution >= 4 is 33.9 Å². The second kappa shape index (κ2) is 4.69. The van der Waals surface area contributed by atoms with Gasteiger partial charge in [-0.15, -0.1) is 11.3 Å². The van der Waals surface area contributed by atoms with Crippen LogP contribution < -0.4 is 0 Å². The number of alkyl halides is 1. The minimum Gasteiger partial charge on any atom is -0.240 e. The molecular weight excluding hydrogens is 341 g/mol. The molecule has 0 saturated heterocycles. The molecule has 1 aromatic carbocycles. The van der Waals surface area contributed by atoms with Crippen LogP contribution in [-0.4, -0.2) is 4.98 Å². The van der Waals surface area contributed by atoms with Crippen LogP contribution in [0.2, 0.25) is 0 Å². The van der Waals surface area contributed by atoms with Crippen molar-refractivity contribution in [3.05, 3.63) is 40.4 Å². The summed E-state index contributed by atoms with van der Waals surface area (Å²) in [6.45, 7) is 2.14. The molecule has 0 radical (unpaired) electrons. The summed E-state index contributed by atoms with van der Waals surface area (Å²) in [5.74, 6) is 0.816. The Morgan fingerprint density at radius 2 is 2.24 bits per heavy atom. The molecule has 0 bridgehead atoms. The fraction of sp³-hybridized carbons (Fsp3) is 0.357. The Morgan fingerprint density at radius 1 is 1.41 bits per heavy atom. The number of nitrogens with zero attached hydrogens (tertiary/aromatic N) is 1. The molecule has 3 heteroatoms. The van der Waals surface area contributed by atoms with Crippen LogP contribution in [0.5, 0.6) is 0 Å². The molecule has 0 N–H and O–H groups in total. The van der Waals surface area contributed by atoms with Gasteiger partial charge in [0, 0.05) is 14.9 Å². The van der Waals surface area contributed by atoms with Gasteiger partial charge in [-0.05, 0) is 31.7 Å². The summed E-state index contributed by atoms with van der Waals surface area (Å²) in [5, 5.41) is 1.20. The lowest BCUT2D eigenvalue weighted by atomic mass is 10.1. The lowest BCUT2D eigenvalue weighted by Crippen LogP contribution is -1.83. The molecule has 2 aromatic rings. The smallest absolute Gasteiger partial charge is 0.123 e. The highest BCUT2D eigenvalue weighted by Crippen LogP contribution is 2.46. The van der Waals surface area contributed by atoms with E-state index in [4.69, 9.17) is 4.98 Å². The minimum atomic E-state index is 0.816. The van der Waals surface area contributed by atoms with Gasteiger partial charge >= 0.3 is 0 Å². The zero-order valence-electron chi connectivity index (χ0n) is 9.74. The van der Waals surface area contributed by atoms with Gasteiger partial charge in [-0.2, -0.15) is 0 Å². The van der Waals surface area contributed by atoms with E-state index in [-0.39, 0.29) is 0 Å². The molecule has 0 atom stereocenters. The molecule has 17 heavy (non-hydrogen) atoms. The molecule has 0 unspecified atom stereocenters. The van der Waals surface area contributed by atoms with Crippen LogP contribution in [0.4, 0.5) is 0 Å². The molecule has 0 spiro atoms. The summed E-state index contributed by atoms with van der Waals surface area (Å²) < 4.78 is 1.03. The van der Waals surface area contributed by atoms with Crippen LogP contribution in [0, 0.1) is 6.92 Å². The van der Waals surface area contributed by atoms with Gasteiger partial charge in [-0.25, -0.2) is 4.98 Å². The first-order valence-electron chi connectivity index (χ1n) is 5.90. The second-order valence-electron chi connectivity index (χ2n) is 4.61. The SMILES string of the molecule is Cc1cccc(-c2nc(CI)c(C3CC3)s2)c1. The second-order valence-corrected chi connectivity index (χ2v) is 6.40. The van der Waals surface area contributed by atoms with Crippen molar-refractivity contribution < 1.29 is 0 Å². The standard InChI is InChI=1S/C14H14INS/c1-9-3-2-4-11(7-9)14-16-12(8-15)13(17-14)10-5-6-10/h2-4,7,10H,5-6,8H2,1H3. The maximum atomic E-state index is 4.81. The zero-order valence-corrected chi connectivity index (χ0v) is 12.7. The fourth-order valence-electron chi connectivity index (χ4n) is 2.03. The van der Waals surface area contributed by atoms with Crippen LogP contribution in [0.1, 0.15) is 34.9 Å². The Labute approximate surface area is 119 Å². The molecule has 0 aliphatic heterocycles. The number of benzene rings is 1. The Kier molecular flexibility index (Phi) is 3.21. The van der Waals surface area contributed by atoms with Gasteiger partial charge in [0.15, 0.2) is 0 Å². The molecular formula is C14H14INS. The van der Waals surface area contributed by atoms with Crippen LogP contribution in [0.15, 0.2) is 24.3 Å². The number of thiazole rings is 1. The first-order chi connectivity index (χ1) is 8.28. The van der Waals surface area contributed by atoms with Crippen molar-refractivity contribution in [1.82, 2.24) is 4.98 Å². The highest BCUT2D eigenvalue weighted by Gasteiger charge is 2.29. The minimum absolute atomic E-state index is 0.816. The van der Waals surface area contributed by atoms with E-state index in [9.17, 15) is 0 Å². The fourth-order valence-corrected chi connectivity index (χ4v) is 4.11. The van der Waals surface area contributed by atoms with E-state index in [2.05, 4.69) is 53.8 Å². The van der Waals surface area contributed by atoms with Crippen molar-refractivity contribution in [2.45, 2.75) is 30.1 Å². The van der Waals surface area contributed by atoms with Crippen LogP contribution in [0.25, 0.3) is 10.6 Å². The van der Waals surface area contributed by atoms with Crippen molar-refractivity contribution in [1.29, 1.82) is 0 Å². The van der Waals surface area contributed by atoms with Crippen molar-refractivity contribution in [3.8, 4) is 10.6 Å². The van der Waals surface area contributed by atoms with Crippen molar-refractivity contribution in [2.24, 2.45) is 0 Å². The third-order valence-electron chi connectivity index (χ3n) is 3.07. The Bertz CT molecular complexity index is 543. The van der Waals surface area contributed by atoms with Gasteiger partial charge in [0.1, 0.15) is 5.01 Å². The molecule has 1 nitrogen and oxygen atoms in total. The number of aromatic nitrogens is 1. The summed E-state index contributed by atoms with van der Waals surface area (Å²) in [6, 6.07) is 8.65. The Hall–Kier alpha value is -0.420. The summed E-state index contributed by atoms with van der Waals surface area (Å²) in [7, 11) is 0. The van der Waals surface area contributed by atoms with E-state index in [1.165, 1.54) is 39.5 Å². The van der Waals surface area contributed by atoms with Crippen molar-refractivity contribution in [3.63, 3.8) is 0 Å². The van der Waals surface area contributed by atoms with Crippen LogP contribution in [-0.2, 0) is 4.43 Å². The van der Waals surface area contributed by atoms with Crippen LogP contribution >= 0.6 is 33.9 Å². The predicted octanol–water partition coefficient (Wildman–Crippen LogP) is 4.93. The molecule has 1 aliphatic carbocycles. The topological polar surface area (TPSA) is 12.9 Å². The third-order valence-corrected chi connectivity index (χ3v) is 5.10. The number of halogens is 1. The zero-order chi connectivity index (χ0) is 11.8. The molecule has 1 saturated carbocycles. The summed E-state index contributed by atoms with van der Waals surface area (Å²) in [5.41, 5.74) is 3.89. The highest BCUT2D eigenvalue weighted by molar-refractivity contribution is 14.1. The van der Waals surface area contributed by atoms with Gasteiger partial charge in [-0.1, -0.05) is 46.4 Å². The van der Waals surface area contributed by atoms with E-state index in [1.807, 2.05) is 11.3 Å². The molecule has 3 rings (SSSR count). The van der Waals surface area contributed by atoms with E-state index < -0.39 is 0 Å².